The highest BCUT2D eigenvalue weighted by atomic mass is 16.5. The number of rotatable bonds is 4. The Hall–Kier alpha value is -3.78. The molecule has 0 radical (unpaired) electrons. The summed E-state index contributed by atoms with van der Waals surface area (Å²) >= 11 is 0. The van der Waals surface area contributed by atoms with E-state index in [0.29, 0.717) is 11.3 Å². The van der Waals surface area contributed by atoms with Crippen LogP contribution >= 0.6 is 0 Å². The zero-order chi connectivity index (χ0) is 20.5. The van der Waals surface area contributed by atoms with Crippen LogP contribution in [-0.2, 0) is 4.79 Å². The number of nitrogens with one attached hydrogen (secondary N) is 2. The van der Waals surface area contributed by atoms with Crippen molar-refractivity contribution in [2.24, 2.45) is 0 Å². The molecule has 2 amide bonds. The van der Waals surface area contributed by atoms with Gasteiger partial charge in [-0.05, 0) is 61.2 Å². The minimum absolute atomic E-state index is 0. The van der Waals surface area contributed by atoms with Crippen molar-refractivity contribution in [2.45, 2.75) is 26.5 Å². The Morgan fingerprint density at radius 2 is 1.66 bits per heavy atom. The Morgan fingerprint density at radius 3 is 2.21 bits per heavy atom. The van der Waals surface area contributed by atoms with Gasteiger partial charge in [0, 0.05) is 22.4 Å². The highest BCUT2D eigenvalue weighted by Crippen LogP contribution is 2.06. The Morgan fingerprint density at radius 1 is 1.03 bits per heavy atom. The van der Waals surface area contributed by atoms with Crippen molar-refractivity contribution in [1.29, 1.82) is 0 Å². The van der Waals surface area contributed by atoms with E-state index in [1.165, 1.54) is 24.5 Å². The molecule has 0 aromatic heterocycles. The van der Waals surface area contributed by atoms with Gasteiger partial charge in [0.05, 0.1) is 6.10 Å². The Labute approximate surface area is 169 Å². The summed E-state index contributed by atoms with van der Waals surface area (Å²) in [7, 11) is 0. The van der Waals surface area contributed by atoms with Gasteiger partial charge in [-0.3, -0.25) is 14.8 Å². The van der Waals surface area contributed by atoms with Crippen LogP contribution in [-0.4, -0.2) is 34.3 Å². The van der Waals surface area contributed by atoms with Gasteiger partial charge in [-0.2, -0.15) is 0 Å². The highest BCUT2D eigenvalue weighted by Gasteiger charge is 2.25. The van der Waals surface area contributed by atoms with Crippen molar-refractivity contribution in [3.63, 3.8) is 0 Å². The zero-order valence-electron chi connectivity index (χ0n) is 15.1. The van der Waals surface area contributed by atoms with Crippen LogP contribution in [0.3, 0.4) is 0 Å². The van der Waals surface area contributed by atoms with Crippen LogP contribution in [0.15, 0.2) is 48.5 Å². The lowest BCUT2D eigenvalue weighted by Gasteiger charge is -2.19. The zero-order valence-corrected chi connectivity index (χ0v) is 15.1. The molecule has 0 heterocycles. The summed E-state index contributed by atoms with van der Waals surface area (Å²) in [6, 6.07) is 12.2. The summed E-state index contributed by atoms with van der Waals surface area (Å²) in [5, 5.41) is 20.6. The summed E-state index contributed by atoms with van der Waals surface area (Å²) < 4.78 is 0. The molecule has 0 saturated carbocycles. The number of carbonyl (C=O) groups is 2. The lowest BCUT2D eigenvalue weighted by Crippen LogP contribution is -2.51. The standard InChI is InChI=1S/C21H19N3O4.CH4/c1-14(25)19(21(27)24-28)23-20(26)17-11-9-15(10-12-17)5-2-3-6-16-7-4-8-18(22)13-16;/h4,7-14,19,25,28H,22H2,1H3,(H,23,26)(H,24,27);1H4/t14-,19+;/m1./s1. The molecule has 0 unspecified atom stereocenters. The molecular formula is C22H23N3O4. The maximum absolute atomic E-state index is 12.2. The van der Waals surface area contributed by atoms with Gasteiger partial charge >= 0.3 is 0 Å². The number of hydrogen-bond acceptors (Lipinski definition) is 5. The number of benzene rings is 2. The first kappa shape index (κ1) is 23.3. The van der Waals surface area contributed by atoms with Crippen molar-refractivity contribution >= 4 is 17.5 Å². The van der Waals surface area contributed by atoms with Gasteiger partial charge in [0.15, 0.2) is 0 Å². The largest absolute Gasteiger partial charge is 0.399 e. The monoisotopic (exact) mass is 393 g/mol. The number of carbonyl (C=O) groups excluding carboxylic acids is 2. The molecule has 2 aromatic carbocycles. The second kappa shape index (κ2) is 11.2. The molecule has 0 aliphatic carbocycles. The number of aliphatic hydroxyl groups excluding tert-OH is 1. The molecule has 0 fully saturated rings. The minimum Gasteiger partial charge on any atom is -0.399 e. The predicted molar refractivity (Wildman–Crippen MR) is 111 cm³/mol. The third-order valence-corrected chi connectivity index (χ3v) is 3.67. The molecule has 0 bridgehead atoms. The number of nitrogens with two attached hydrogens (primary N) is 1. The van der Waals surface area contributed by atoms with Gasteiger partial charge in [0.25, 0.3) is 11.8 Å². The first-order valence-electron chi connectivity index (χ1n) is 8.31. The van der Waals surface area contributed by atoms with Crippen molar-refractivity contribution < 1.29 is 19.9 Å². The molecule has 6 N–H and O–H groups in total. The van der Waals surface area contributed by atoms with Crippen LogP contribution in [0.25, 0.3) is 0 Å². The van der Waals surface area contributed by atoms with Crippen LogP contribution < -0.4 is 16.5 Å². The third-order valence-electron chi connectivity index (χ3n) is 3.67. The second-order valence-electron chi connectivity index (χ2n) is 5.87. The van der Waals surface area contributed by atoms with E-state index < -0.39 is 24.0 Å². The number of anilines is 1. The van der Waals surface area contributed by atoms with Crippen molar-refractivity contribution in [1.82, 2.24) is 10.8 Å². The van der Waals surface area contributed by atoms with E-state index in [0.717, 1.165) is 5.56 Å². The Balaban J connectivity index is 0.00000420. The van der Waals surface area contributed by atoms with Crippen LogP contribution in [0, 0.1) is 23.7 Å². The molecule has 29 heavy (non-hydrogen) atoms. The van der Waals surface area contributed by atoms with E-state index >= 15 is 0 Å². The van der Waals surface area contributed by atoms with Crippen LogP contribution in [0.4, 0.5) is 5.69 Å². The van der Waals surface area contributed by atoms with Gasteiger partial charge in [0.1, 0.15) is 6.04 Å². The minimum atomic E-state index is -1.28. The first-order valence-corrected chi connectivity index (χ1v) is 8.31. The van der Waals surface area contributed by atoms with Crippen LogP contribution in [0.1, 0.15) is 35.8 Å². The summed E-state index contributed by atoms with van der Waals surface area (Å²) in [6.45, 7) is 1.32. The molecule has 0 spiro atoms. The van der Waals surface area contributed by atoms with E-state index in [1.54, 1.807) is 24.3 Å². The number of hydrogen-bond donors (Lipinski definition) is 5. The highest BCUT2D eigenvalue weighted by molar-refractivity contribution is 5.97. The molecule has 2 rings (SSSR count). The average molecular weight is 393 g/mol. The predicted octanol–water partition coefficient (Wildman–Crippen LogP) is 1.29. The fraction of sp³-hybridized carbons (Fsp3) is 0.182. The number of hydroxylamine groups is 1. The second-order valence-corrected chi connectivity index (χ2v) is 5.87. The van der Waals surface area contributed by atoms with Gasteiger partial charge < -0.3 is 16.2 Å². The van der Waals surface area contributed by atoms with E-state index in [2.05, 4.69) is 29.0 Å². The maximum atomic E-state index is 12.2. The molecule has 0 saturated heterocycles. The third kappa shape index (κ3) is 7.04. The van der Waals surface area contributed by atoms with E-state index in [4.69, 9.17) is 10.9 Å². The SMILES string of the molecule is C.C[C@@H](O)[C@H](NC(=O)c1ccc(C#CC#Cc2cccc(N)c2)cc1)C(=O)NO. The van der Waals surface area contributed by atoms with E-state index in [1.807, 2.05) is 12.1 Å². The topological polar surface area (TPSA) is 125 Å². The van der Waals surface area contributed by atoms with E-state index in [-0.39, 0.29) is 13.0 Å². The summed E-state index contributed by atoms with van der Waals surface area (Å²) in [5.74, 6) is 9.71. The quantitative estimate of drug-likeness (QED) is 0.232. The molecule has 0 aliphatic rings. The van der Waals surface area contributed by atoms with Gasteiger partial charge in [-0.15, -0.1) is 0 Å². The maximum Gasteiger partial charge on any atom is 0.268 e. The molecule has 7 nitrogen and oxygen atoms in total. The lowest BCUT2D eigenvalue weighted by molar-refractivity contribution is -0.133. The normalized spacial score (nSPS) is 11.3. The van der Waals surface area contributed by atoms with E-state index in [9.17, 15) is 14.7 Å². The first-order chi connectivity index (χ1) is 13.4. The van der Waals surface area contributed by atoms with Gasteiger partial charge in [-0.25, -0.2) is 5.48 Å². The fourth-order valence-electron chi connectivity index (χ4n) is 2.23. The lowest BCUT2D eigenvalue weighted by atomic mass is 10.1. The Bertz CT molecular complexity index is 977. The molecule has 2 atom stereocenters. The van der Waals surface area contributed by atoms with Gasteiger partial charge in [-0.1, -0.05) is 25.3 Å². The number of amides is 2. The molecule has 7 heteroatoms. The average Bonchev–Trinajstić information content (AvgIpc) is 2.69. The smallest absolute Gasteiger partial charge is 0.268 e. The van der Waals surface area contributed by atoms with Crippen molar-refractivity contribution in [3.05, 3.63) is 65.2 Å². The van der Waals surface area contributed by atoms with Crippen molar-refractivity contribution in [3.8, 4) is 23.7 Å². The molecular weight excluding hydrogens is 370 g/mol. The van der Waals surface area contributed by atoms with Crippen LogP contribution in [0.2, 0.25) is 0 Å². The summed E-state index contributed by atoms with van der Waals surface area (Å²) in [5.41, 5.74) is 9.40. The number of aliphatic hydroxyl groups is 1. The fourth-order valence-corrected chi connectivity index (χ4v) is 2.23. The molecule has 2 aromatic rings. The molecule has 0 aliphatic heterocycles. The summed E-state index contributed by atoms with van der Waals surface area (Å²) in [4.78, 5) is 23.7. The van der Waals surface area contributed by atoms with Gasteiger partial charge in [0.2, 0.25) is 0 Å². The molecule has 150 valence electrons. The Kier molecular flexibility index (Phi) is 8.94. The van der Waals surface area contributed by atoms with Crippen molar-refractivity contribution in [2.75, 3.05) is 5.73 Å². The summed E-state index contributed by atoms with van der Waals surface area (Å²) in [6.07, 6.45) is -1.18. The van der Waals surface area contributed by atoms with Crippen LogP contribution in [0.5, 0.6) is 0 Å². The number of nitrogen functional groups attached to an aromatic ring is 1.